The summed E-state index contributed by atoms with van der Waals surface area (Å²) in [6, 6.07) is 9.62. The number of thiophene rings is 1. The molecule has 1 atom stereocenters. The molecule has 0 spiro atoms. The molecule has 0 aliphatic carbocycles. The molecule has 0 radical (unpaired) electrons. The van der Waals surface area contributed by atoms with Crippen LogP contribution in [-0.4, -0.2) is 20.6 Å². The highest BCUT2D eigenvalue weighted by molar-refractivity contribution is 7.13. The molecule has 1 aliphatic rings. The Labute approximate surface area is 157 Å². The van der Waals surface area contributed by atoms with Crippen LogP contribution in [0.2, 0.25) is 0 Å². The minimum absolute atomic E-state index is 0.154. The number of carboxylic acid groups (broad SMARTS) is 1. The summed E-state index contributed by atoms with van der Waals surface area (Å²) in [6.07, 6.45) is 1.28. The lowest BCUT2D eigenvalue weighted by molar-refractivity contribution is -0.137. The van der Waals surface area contributed by atoms with Crippen LogP contribution in [0.3, 0.4) is 0 Å². The van der Waals surface area contributed by atoms with E-state index in [0.717, 1.165) is 10.4 Å². The smallest absolute Gasteiger partial charge is 0.323 e. The molecule has 27 heavy (non-hydrogen) atoms. The highest BCUT2D eigenvalue weighted by Gasteiger charge is 2.26. The van der Waals surface area contributed by atoms with E-state index < -0.39 is 18.1 Å². The molecule has 8 heteroatoms. The molecular formula is C19H16FN3O3S. The van der Waals surface area contributed by atoms with Gasteiger partial charge in [0.05, 0.1) is 16.6 Å². The summed E-state index contributed by atoms with van der Waals surface area (Å²) in [7, 11) is 0. The van der Waals surface area contributed by atoms with Crippen molar-refractivity contribution in [1.82, 2.24) is 9.55 Å². The van der Waals surface area contributed by atoms with Crippen molar-refractivity contribution in [1.29, 1.82) is 0 Å². The van der Waals surface area contributed by atoms with Gasteiger partial charge in [0.15, 0.2) is 5.82 Å². The molecule has 2 aromatic heterocycles. The van der Waals surface area contributed by atoms with Gasteiger partial charge in [-0.05, 0) is 42.0 Å². The van der Waals surface area contributed by atoms with Crippen molar-refractivity contribution in [2.24, 2.45) is 0 Å². The molecule has 0 saturated carbocycles. The lowest BCUT2D eigenvalue weighted by atomic mass is 9.96. The van der Waals surface area contributed by atoms with Crippen molar-refractivity contribution in [3.8, 4) is 10.7 Å². The second-order valence-electron chi connectivity index (χ2n) is 6.31. The second kappa shape index (κ2) is 6.96. The quantitative estimate of drug-likeness (QED) is 0.720. The van der Waals surface area contributed by atoms with Gasteiger partial charge in [-0.3, -0.25) is 14.2 Å². The minimum Gasteiger partial charge on any atom is -0.480 e. The summed E-state index contributed by atoms with van der Waals surface area (Å²) in [6.45, 7) is -0.463. The molecule has 138 valence electrons. The van der Waals surface area contributed by atoms with Gasteiger partial charge in [-0.2, -0.15) is 0 Å². The summed E-state index contributed by atoms with van der Waals surface area (Å²) in [5.41, 5.74) is 1.41. The number of aliphatic carboxylic acids is 1. The number of carboxylic acids is 1. The zero-order valence-electron chi connectivity index (χ0n) is 14.2. The first kappa shape index (κ1) is 17.4. The van der Waals surface area contributed by atoms with E-state index >= 15 is 0 Å². The Morgan fingerprint density at radius 1 is 1.33 bits per heavy atom. The summed E-state index contributed by atoms with van der Waals surface area (Å²) >= 11 is 1.40. The third-order valence-corrected chi connectivity index (χ3v) is 5.41. The lowest BCUT2D eigenvalue weighted by Crippen LogP contribution is -2.33. The van der Waals surface area contributed by atoms with Crippen LogP contribution in [-0.2, 0) is 17.8 Å². The van der Waals surface area contributed by atoms with E-state index in [-0.39, 0.29) is 11.9 Å². The number of carbonyl (C=O) groups is 1. The predicted octanol–water partition coefficient (Wildman–Crippen LogP) is 3.29. The number of aromatic nitrogens is 2. The SMILES string of the molecule is O=C(O)Cn1c(-c2cccs2)nc2c(c1=O)N[C@H](c1ccc(F)cc1)CC2. The Balaban J connectivity index is 1.78. The van der Waals surface area contributed by atoms with Crippen molar-refractivity contribution in [2.45, 2.75) is 25.4 Å². The summed E-state index contributed by atoms with van der Waals surface area (Å²) in [4.78, 5) is 29.7. The lowest BCUT2D eigenvalue weighted by Gasteiger charge is -2.27. The van der Waals surface area contributed by atoms with Crippen molar-refractivity contribution in [3.05, 3.63) is 69.2 Å². The normalized spacial score (nSPS) is 15.8. The van der Waals surface area contributed by atoms with Gasteiger partial charge in [-0.15, -0.1) is 11.3 Å². The third-order valence-electron chi connectivity index (χ3n) is 4.54. The first-order valence-corrected chi connectivity index (χ1v) is 9.32. The van der Waals surface area contributed by atoms with Crippen LogP contribution in [0, 0.1) is 5.82 Å². The van der Waals surface area contributed by atoms with Crippen molar-refractivity contribution < 1.29 is 14.3 Å². The summed E-state index contributed by atoms with van der Waals surface area (Å²) in [5, 5.41) is 14.3. The number of fused-ring (bicyclic) bond motifs is 1. The Morgan fingerprint density at radius 2 is 2.11 bits per heavy atom. The average Bonchev–Trinajstić information content (AvgIpc) is 3.18. The van der Waals surface area contributed by atoms with Crippen LogP contribution in [0.4, 0.5) is 10.1 Å². The number of nitrogens with zero attached hydrogens (tertiary/aromatic N) is 2. The minimum atomic E-state index is -1.11. The fourth-order valence-electron chi connectivity index (χ4n) is 3.27. The van der Waals surface area contributed by atoms with Gasteiger partial charge in [0.1, 0.15) is 18.0 Å². The van der Waals surface area contributed by atoms with Crippen molar-refractivity contribution >= 4 is 23.0 Å². The van der Waals surface area contributed by atoms with E-state index in [1.54, 1.807) is 12.1 Å². The van der Waals surface area contributed by atoms with Gasteiger partial charge in [-0.1, -0.05) is 18.2 Å². The van der Waals surface area contributed by atoms with Gasteiger partial charge >= 0.3 is 5.97 Å². The van der Waals surface area contributed by atoms with Crippen LogP contribution < -0.4 is 10.9 Å². The van der Waals surface area contributed by atoms with E-state index in [1.165, 1.54) is 28.0 Å². The number of nitrogens with one attached hydrogen (secondary N) is 1. The Kier molecular flexibility index (Phi) is 4.49. The van der Waals surface area contributed by atoms with E-state index in [4.69, 9.17) is 0 Å². The second-order valence-corrected chi connectivity index (χ2v) is 7.25. The largest absolute Gasteiger partial charge is 0.480 e. The molecule has 6 nitrogen and oxygen atoms in total. The van der Waals surface area contributed by atoms with Gasteiger partial charge in [0.25, 0.3) is 5.56 Å². The molecule has 3 heterocycles. The molecule has 3 aromatic rings. The number of aryl methyl sites for hydroxylation is 1. The average molecular weight is 385 g/mol. The summed E-state index contributed by atoms with van der Waals surface area (Å²) < 4.78 is 14.4. The molecule has 0 amide bonds. The topological polar surface area (TPSA) is 84.2 Å². The van der Waals surface area contributed by atoms with Crippen molar-refractivity contribution in [2.75, 3.05) is 5.32 Å². The maximum Gasteiger partial charge on any atom is 0.323 e. The van der Waals surface area contributed by atoms with E-state index in [2.05, 4.69) is 10.3 Å². The molecule has 0 saturated heterocycles. The van der Waals surface area contributed by atoms with Crippen LogP contribution in [0.1, 0.15) is 23.7 Å². The molecule has 0 unspecified atom stereocenters. The fraction of sp³-hybridized carbons (Fsp3) is 0.211. The van der Waals surface area contributed by atoms with Gasteiger partial charge in [-0.25, -0.2) is 9.37 Å². The van der Waals surface area contributed by atoms with Crippen LogP contribution in [0.5, 0.6) is 0 Å². The molecule has 2 N–H and O–H groups in total. The third kappa shape index (κ3) is 3.35. The standard InChI is InChI=1S/C19H16FN3O3S/c20-12-5-3-11(4-6-12)13-7-8-14-17(21-13)19(26)23(10-16(24)25)18(22-14)15-2-1-9-27-15/h1-6,9,13,21H,7-8,10H2,(H,24,25)/t13-/m0/s1. The number of halogens is 1. The molecule has 0 fully saturated rings. The first-order chi connectivity index (χ1) is 13.0. The number of benzene rings is 1. The van der Waals surface area contributed by atoms with E-state index in [9.17, 15) is 19.1 Å². The number of rotatable bonds is 4. The van der Waals surface area contributed by atoms with E-state index in [0.29, 0.717) is 30.0 Å². The molecule has 4 rings (SSSR count). The maximum absolute atomic E-state index is 13.2. The predicted molar refractivity (Wildman–Crippen MR) is 101 cm³/mol. The first-order valence-electron chi connectivity index (χ1n) is 8.44. The highest BCUT2D eigenvalue weighted by Crippen LogP contribution is 2.32. The van der Waals surface area contributed by atoms with Crippen molar-refractivity contribution in [3.63, 3.8) is 0 Å². The molecular weight excluding hydrogens is 369 g/mol. The summed E-state index contributed by atoms with van der Waals surface area (Å²) in [5.74, 6) is -1.05. The highest BCUT2D eigenvalue weighted by atomic mass is 32.1. The molecule has 0 bridgehead atoms. The van der Waals surface area contributed by atoms with Crippen LogP contribution in [0.15, 0.2) is 46.6 Å². The van der Waals surface area contributed by atoms with Gasteiger partial charge in [0.2, 0.25) is 0 Å². The Morgan fingerprint density at radius 3 is 2.78 bits per heavy atom. The number of hydrogen-bond donors (Lipinski definition) is 2. The Hall–Kier alpha value is -3.00. The van der Waals surface area contributed by atoms with Gasteiger partial charge in [0, 0.05) is 0 Å². The number of anilines is 1. The maximum atomic E-state index is 13.2. The van der Waals surface area contributed by atoms with E-state index in [1.807, 2.05) is 17.5 Å². The zero-order chi connectivity index (χ0) is 19.0. The van der Waals surface area contributed by atoms with Crippen LogP contribution >= 0.6 is 11.3 Å². The molecule has 1 aliphatic heterocycles. The van der Waals surface area contributed by atoms with Gasteiger partial charge < -0.3 is 10.4 Å². The van der Waals surface area contributed by atoms with Crippen LogP contribution in [0.25, 0.3) is 10.7 Å². The fourth-order valence-corrected chi connectivity index (χ4v) is 4.00. The monoisotopic (exact) mass is 385 g/mol. The molecule has 1 aromatic carbocycles. The Bertz CT molecular complexity index is 1050. The number of hydrogen-bond acceptors (Lipinski definition) is 5. The zero-order valence-corrected chi connectivity index (χ0v) is 15.0.